The zero-order valence-corrected chi connectivity index (χ0v) is 14.5. The maximum atomic E-state index is 13.0. The minimum Gasteiger partial charge on any atom is -0.488 e. The van der Waals surface area contributed by atoms with Gasteiger partial charge in [0.2, 0.25) is 0 Å². The Bertz CT molecular complexity index is 1060. The second-order valence-electron chi connectivity index (χ2n) is 6.07. The van der Waals surface area contributed by atoms with Crippen molar-refractivity contribution in [3.63, 3.8) is 0 Å². The van der Waals surface area contributed by atoms with Gasteiger partial charge in [0.25, 0.3) is 0 Å². The monoisotopic (exact) mass is 359 g/mol. The molecule has 4 rings (SSSR count). The summed E-state index contributed by atoms with van der Waals surface area (Å²) in [4.78, 5) is 3.23. The summed E-state index contributed by atoms with van der Waals surface area (Å²) in [6, 6.07) is 22.0. The van der Waals surface area contributed by atoms with Gasteiger partial charge in [-0.2, -0.15) is 5.10 Å². The Kier molecular flexibility index (Phi) is 4.83. The lowest BCUT2D eigenvalue weighted by atomic mass is 10.1. The summed E-state index contributed by atoms with van der Waals surface area (Å²) in [6.45, 7) is 0.496. The predicted octanol–water partition coefficient (Wildman–Crippen LogP) is 5.33. The van der Waals surface area contributed by atoms with E-state index in [4.69, 9.17) is 4.74 Å². The Labute approximate surface area is 156 Å². The highest BCUT2D eigenvalue weighted by atomic mass is 19.1. The highest BCUT2D eigenvalue weighted by Crippen LogP contribution is 2.28. The van der Waals surface area contributed by atoms with Gasteiger partial charge in [0.15, 0.2) is 0 Å². The number of nitrogens with one attached hydrogen (secondary N) is 2. The Morgan fingerprint density at radius 2 is 1.78 bits per heavy atom. The SMILES string of the molecule is Fc1ccc(NN=Cc2c[nH]c3cccc(OCc4ccccc4)c23)cc1. The molecular formula is C22H18FN3O. The molecule has 27 heavy (non-hydrogen) atoms. The number of hydrogen-bond donors (Lipinski definition) is 2. The van der Waals surface area contributed by atoms with E-state index in [1.54, 1.807) is 18.3 Å². The number of hydrogen-bond acceptors (Lipinski definition) is 3. The summed E-state index contributed by atoms with van der Waals surface area (Å²) < 4.78 is 19.0. The van der Waals surface area contributed by atoms with E-state index in [1.165, 1.54) is 12.1 Å². The third kappa shape index (κ3) is 3.98. The van der Waals surface area contributed by atoms with Crippen LogP contribution in [0.2, 0.25) is 0 Å². The lowest BCUT2D eigenvalue weighted by molar-refractivity contribution is 0.310. The standard InChI is InChI=1S/C22H18FN3O/c23-18-9-11-19(12-10-18)26-25-14-17-13-24-20-7-4-8-21(22(17)20)27-15-16-5-2-1-3-6-16/h1-14,24,26H,15H2. The molecule has 3 aromatic carbocycles. The molecule has 0 radical (unpaired) electrons. The van der Waals surface area contributed by atoms with Crippen molar-refractivity contribution < 1.29 is 9.13 Å². The van der Waals surface area contributed by atoms with Crippen LogP contribution in [-0.4, -0.2) is 11.2 Å². The molecule has 134 valence electrons. The average molecular weight is 359 g/mol. The van der Waals surface area contributed by atoms with Crippen molar-refractivity contribution in [3.05, 3.63) is 95.9 Å². The first-order chi connectivity index (χ1) is 13.3. The molecular weight excluding hydrogens is 341 g/mol. The predicted molar refractivity (Wildman–Crippen MR) is 107 cm³/mol. The van der Waals surface area contributed by atoms with Gasteiger partial charge in [0, 0.05) is 17.3 Å². The molecule has 0 unspecified atom stereocenters. The molecule has 0 spiro atoms. The smallest absolute Gasteiger partial charge is 0.129 e. The molecule has 0 bridgehead atoms. The molecule has 0 saturated heterocycles. The van der Waals surface area contributed by atoms with E-state index >= 15 is 0 Å². The van der Waals surface area contributed by atoms with Crippen molar-refractivity contribution in [2.24, 2.45) is 5.10 Å². The molecule has 1 heterocycles. The van der Waals surface area contributed by atoms with E-state index in [-0.39, 0.29) is 5.82 Å². The molecule has 1 aromatic heterocycles. The van der Waals surface area contributed by atoms with Crippen molar-refractivity contribution >= 4 is 22.8 Å². The van der Waals surface area contributed by atoms with Gasteiger partial charge >= 0.3 is 0 Å². The molecule has 0 amide bonds. The number of aromatic nitrogens is 1. The molecule has 0 saturated carbocycles. The van der Waals surface area contributed by atoms with Gasteiger partial charge in [0.1, 0.15) is 18.2 Å². The van der Waals surface area contributed by atoms with Crippen LogP contribution in [0.3, 0.4) is 0 Å². The molecule has 2 N–H and O–H groups in total. The van der Waals surface area contributed by atoms with Gasteiger partial charge in [0.05, 0.1) is 17.3 Å². The molecule has 0 aliphatic rings. The summed E-state index contributed by atoms with van der Waals surface area (Å²) in [5, 5.41) is 5.22. The van der Waals surface area contributed by atoms with E-state index < -0.39 is 0 Å². The average Bonchev–Trinajstić information content (AvgIpc) is 3.12. The van der Waals surface area contributed by atoms with Gasteiger partial charge in [-0.1, -0.05) is 36.4 Å². The number of benzene rings is 3. The van der Waals surface area contributed by atoms with Crippen molar-refractivity contribution in [1.82, 2.24) is 4.98 Å². The first-order valence-corrected chi connectivity index (χ1v) is 8.61. The van der Waals surface area contributed by atoms with Crippen LogP contribution in [0.1, 0.15) is 11.1 Å². The number of nitrogens with zero attached hydrogens (tertiary/aromatic N) is 1. The Hall–Kier alpha value is -3.60. The second-order valence-corrected chi connectivity index (χ2v) is 6.07. The van der Waals surface area contributed by atoms with Crippen molar-refractivity contribution in [2.45, 2.75) is 6.61 Å². The molecule has 0 aliphatic carbocycles. The van der Waals surface area contributed by atoms with E-state index in [1.807, 2.05) is 54.7 Å². The maximum absolute atomic E-state index is 13.0. The molecule has 0 atom stereocenters. The topological polar surface area (TPSA) is 49.4 Å². The van der Waals surface area contributed by atoms with Crippen LogP contribution in [-0.2, 0) is 6.61 Å². The summed E-state index contributed by atoms with van der Waals surface area (Å²) >= 11 is 0. The van der Waals surface area contributed by atoms with Gasteiger partial charge < -0.3 is 9.72 Å². The van der Waals surface area contributed by atoms with E-state index in [0.29, 0.717) is 12.3 Å². The normalized spacial score (nSPS) is 11.1. The summed E-state index contributed by atoms with van der Waals surface area (Å²) in [5.41, 5.74) is 6.61. The molecule has 0 aliphatic heterocycles. The lowest BCUT2D eigenvalue weighted by Gasteiger charge is -2.08. The third-order valence-electron chi connectivity index (χ3n) is 4.18. The first kappa shape index (κ1) is 16.8. The molecule has 0 fully saturated rings. The molecule has 4 nitrogen and oxygen atoms in total. The third-order valence-corrected chi connectivity index (χ3v) is 4.18. The van der Waals surface area contributed by atoms with Gasteiger partial charge in [-0.05, 0) is 42.0 Å². The Balaban J connectivity index is 1.54. The van der Waals surface area contributed by atoms with Crippen LogP contribution >= 0.6 is 0 Å². The summed E-state index contributed by atoms with van der Waals surface area (Å²) in [6.07, 6.45) is 3.60. The minimum absolute atomic E-state index is 0.277. The number of hydrazone groups is 1. The summed E-state index contributed by atoms with van der Waals surface area (Å²) in [5.74, 6) is 0.516. The first-order valence-electron chi connectivity index (χ1n) is 8.61. The van der Waals surface area contributed by atoms with Crippen LogP contribution < -0.4 is 10.2 Å². The van der Waals surface area contributed by atoms with Crippen LogP contribution in [0.5, 0.6) is 5.75 Å². The number of fused-ring (bicyclic) bond motifs is 1. The molecule has 5 heteroatoms. The highest BCUT2D eigenvalue weighted by Gasteiger charge is 2.08. The number of H-pyrrole nitrogens is 1. The zero-order chi connectivity index (χ0) is 18.5. The number of ether oxygens (including phenoxy) is 1. The number of aromatic amines is 1. The van der Waals surface area contributed by atoms with E-state index in [2.05, 4.69) is 15.5 Å². The van der Waals surface area contributed by atoms with Gasteiger partial charge in [-0.15, -0.1) is 0 Å². The summed E-state index contributed by atoms with van der Waals surface area (Å²) in [7, 11) is 0. The van der Waals surface area contributed by atoms with Gasteiger partial charge in [-0.3, -0.25) is 5.43 Å². The Morgan fingerprint density at radius 3 is 2.59 bits per heavy atom. The van der Waals surface area contributed by atoms with Crippen LogP contribution in [0.25, 0.3) is 10.9 Å². The zero-order valence-electron chi connectivity index (χ0n) is 14.5. The van der Waals surface area contributed by atoms with Gasteiger partial charge in [-0.25, -0.2) is 4.39 Å². The minimum atomic E-state index is -0.277. The molecule has 4 aromatic rings. The number of halogens is 1. The van der Waals surface area contributed by atoms with E-state index in [0.717, 1.165) is 27.8 Å². The maximum Gasteiger partial charge on any atom is 0.129 e. The fraction of sp³-hybridized carbons (Fsp3) is 0.0455. The largest absolute Gasteiger partial charge is 0.488 e. The Morgan fingerprint density at radius 1 is 0.963 bits per heavy atom. The second kappa shape index (κ2) is 7.74. The fourth-order valence-corrected chi connectivity index (χ4v) is 2.84. The van der Waals surface area contributed by atoms with Crippen LogP contribution in [0.15, 0.2) is 84.1 Å². The number of anilines is 1. The van der Waals surface area contributed by atoms with Crippen molar-refractivity contribution in [1.29, 1.82) is 0 Å². The van der Waals surface area contributed by atoms with Crippen LogP contribution in [0, 0.1) is 5.82 Å². The van der Waals surface area contributed by atoms with Crippen LogP contribution in [0.4, 0.5) is 10.1 Å². The fourth-order valence-electron chi connectivity index (χ4n) is 2.84. The van der Waals surface area contributed by atoms with Crippen molar-refractivity contribution in [3.8, 4) is 5.75 Å². The highest BCUT2D eigenvalue weighted by molar-refractivity contribution is 6.02. The lowest BCUT2D eigenvalue weighted by Crippen LogP contribution is -1.96. The van der Waals surface area contributed by atoms with Crippen molar-refractivity contribution in [2.75, 3.05) is 5.43 Å². The number of rotatable bonds is 6. The van der Waals surface area contributed by atoms with E-state index in [9.17, 15) is 4.39 Å². The quantitative estimate of drug-likeness (QED) is 0.361.